The first kappa shape index (κ1) is 19.3. The second kappa shape index (κ2) is 7.07. The van der Waals surface area contributed by atoms with Gasteiger partial charge in [-0.3, -0.25) is 0 Å². The zero-order valence-corrected chi connectivity index (χ0v) is 17.1. The van der Waals surface area contributed by atoms with E-state index in [0.29, 0.717) is 34.2 Å². The van der Waals surface area contributed by atoms with Crippen molar-refractivity contribution in [3.63, 3.8) is 0 Å². The predicted octanol–water partition coefficient (Wildman–Crippen LogP) is 3.72. The van der Waals surface area contributed by atoms with Crippen molar-refractivity contribution in [2.24, 2.45) is 5.16 Å². The highest BCUT2D eigenvalue weighted by Gasteiger charge is 2.30. The summed E-state index contributed by atoms with van der Waals surface area (Å²) >= 11 is 5.86. The molecule has 3 heterocycles. The van der Waals surface area contributed by atoms with E-state index in [2.05, 4.69) is 25.9 Å². The number of benzene rings is 1. The molecule has 0 bridgehead atoms. The van der Waals surface area contributed by atoms with Gasteiger partial charge in [0.2, 0.25) is 5.72 Å². The average Bonchev–Trinajstić information content (AvgIpc) is 3.25. The van der Waals surface area contributed by atoms with E-state index in [9.17, 15) is 4.39 Å². The third-order valence-electron chi connectivity index (χ3n) is 4.51. The fraction of sp³-hybridized carbons (Fsp3) is 0.316. The van der Waals surface area contributed by atoms with Gasteiger partial charge < -0.3 is 20.2 Å². The van der Waals surface area contributed by atoms with Crippen molar-refractivity contribution in [3.8, 4) is 5.75 Å². The van der Waals surface area contributed by atoms with Crippen molar-refractivity contribution in [1.29, 1.82) is 0 Å². The van der Waals surface area contributed by atoms with Crippen molar-refractivity contribution in [1.82, 2.24) is 19.9 Å². The zero-order valence-electron chi connectivity index (χ0n) is 16.3. The van der Waals surface area contributed by atoms with Gasteiger partial charge in [0.05, 0.1) is 29.9 Å². The molecule has 3 aromatic rings. The molecular formula is C19H20ClFN6O2. The quantitative estimate of drug-likeness (QED) is 0.656. The first-order chi connectivity index (χ1) is 13.8. The monoisotopic (exact) mass is 418 g/mol. The molecule has 0 saturated carbocycles. The Kier molecular flexibility index (Phi) is 4.70. The standard InChI is InChI=1S/C19H20ClFN6O2/c1-10(11-7-14(21)13(20)8-15(11)28-4)23-16-5-6-27-18(24-16)12(9-22-27)17-25-19(2,3)29-26-17/h5-10H,1-4H3,(H,23,24)(H,25,26). The Labute approximate surface area is 171 Å². The van der Waals surface area contributed by atoms with Gasteiger partial charge in [-0.15, -0.1) is 0 Å². The summed E-state index contributed by atoms with van der Waals surface area (Å²) in [6.07, 6.45) is 3.45. The summed E-state index contributed by atoms with van der Waals surface area (Å²) in [5.74, 6) is 1.13. The summed E-state index contributed by atoms with van der Waals surface area (Å²) in [5.41, 5.74) is 1.34. The summed E-state index contributed by atoms with van der Waals surface area (Å²) in [4.78, 5) is 10.0. The second-order valence-corrected chi connectivity index (χ2v) is 7.59. The Morgan fingerprint density at radius 2 is 2.17 bits per heavy atom. The lowest BCUT2D eigenvalue weighted by atomic mass is 10.1. The number of ether oxygens (including phenoxy) is 1. The molecule has 2 aromatic heterocycles. The number of aromatic nitrogens is 3. The van der Waals surface area contributed by atoms with Crippen molar-refractivity contribution in [3.05, 3.63) is 52.6 Å². The van der Waals surface area contributed by atoms with Crippen molar-refractivity contribution in [2.75, 3.05) is 12.4 Å². The van der Waals surface area contributed by atoms with Crippen LogP contribution in [0.1, 0.15) is 37.9 Å². The number of hydrogen-bond acceptors (Lipinski definition) is 7. The maximum atomic E-state index is 14.0. The van der Waals surface area contributed by atoms with E-state index in [4.69, 9.17) is 21.2 Å². The number of fused-ring (bicyclic) bond motifs is 1. The smallest absolute Gasteiger partial charge is 0.203 e. The van der Waals surface area contributed by atoms with E-state index in [1.807, 2.05) is 20.8 Å². The summed E-state index contributed by atoms with van der Waals surface area (Å²) in [5, 5.41) is 14.8. The molecule has 152 valence electrons. The maximum Gasteiger partial charge on any atom is 0.203 e. The first-order valence-electron chi connectivity index (χ1n) is 8.96. The van der Waals surface area contributed by atoms with E-state index < -0.39 is 11.5 Å². The Balaban J connectivity index is 1.64. The normalized spacial score (nSPS) is 16.1. The molecule has 0 radical (unpaired) electrons. The summed E-state index contributed by atoms with van der Waals surface area (Å²) < 4.78 is 21.0. The number of anilines is 1. The van der Waals surface area contributed by atoms with Crippen LogP contribution in [0.4, 0.5) is 10.2 Å². The Morgan fingerprint density at radius 1 is 1.38 bits per heavy atom. The molecule has 29 heavy (non-hydrogen) atoms. The molecule has 2 N–H and O–H groups in total. The summed E-state index contributed by atoms with van der Waals surface area (Å²) in [7, 11) is 1.52. The molecule has 4 rings (SSSR count). The number of hydrogen-bond donors (Lipinski definition) is 2. The molecule has 0 spiro atoms. The van der Waals surface area contributed by atoms with E-state index >= 15 is 0 Å². The van der Waals surface area contributed by atoms with Crippen LogP contribution in [0.25, 0.3) is 5.65 Å². The van der Waals surface area contributed by atoms with Crippen LogP contribution in [-0.2, 0) is 4.84 Å². The number of amidine groups is 1. The molecule has 1 aromatic carbocycles. The van der Waals surface area contributed by atoms with Gasteiger partial charge in [0.25, 0.3) is 0 Å². The van der Waals surface area contributed by atoms with Crippen LogP contribution >= 0.6 is 11.6 Å². The van der Waals surface area contributed by atoms with Gasteiger partial charge in [0, 0.05) is 17.8 Å². The topological polar surface area (TPSA) is 85.1 Å². The highest BCUT2D eigenvalue weighted by molar-refractivity contribution is 6.30. The zero-order chi connectivity index (χ0) is 20.8. The number of oxime groups is 1. The molecule has 1 aliphatic rings. The average molecular weight is 419 g/mol. The molecular weight excluding hydrogens is 399 g/mol. The van der Waals surface area contributed by atoms with Crippen molar-refractivity contribution in [2.45, 2.75) is 32.5 Å². The molecule has 10 heteroatoms. The number of halogens is 2. The van der Waals surface area contributed by atoms with Gasteiger partial charge in [-0.1, -0.05) is 16.8 Å². The fourth-order valence-electron chi connectivity index (χ4n) is 3.08. The van der Waals surface area contributed by atoms with Crippen LogP contribution in [0.5, 0.6) is 5.75 Å². The lowest BCUT2D eigenvalue weighted by Gasteiger charge is -2.18. The van der Waals surface area contributed by atoms with Crippen LogP contribution in [0.3, 0.4) is 0 Å². The van der Waals surface area contributed by atoms with Crippen LogP contribution in [-0.4, -0.2) is 33.3 Å². The largest absolute Gasteiger partial charge is 0.496 e. The molecule has 1 aliphatic heterocycles. The minimum absolute atomic E-state index is 0.0104. The van der Waals surface area contributed by atoms with Gasteiger partial charge in [-0.2, -0.15) is 5.10 Å². The van der Waals surface area contributed by atoms with Crippen molar-refractivity contribution < 1.29 is 14.0 Å². The van der Waals surface area contributed by atoms with Crippen LogP contribution < -0.4 is 15.4 Å². The minimum atomic E-state index is -0.594. The van der Waals surface area contributed by atoms with E-state index in [1.54, 1.807) is 23.0 Å². The third kappa shape index (κ3) is 3.65. The fourth-order valence-corrected chi connectivity index (χ4v) is 3.24. The van der Waals surface area contributed by atoms with E-state index in [-0.39, 0.29) is 11.1 Å². The molecule has 1 unspecified atom stereocenters. The third-order valence-corrected chi connectivity index (χ3v) is 4.80. The van der Waals surface area contributed by atoms with Gasteiger partial charge in [0.15, 0.2) is 11.5 Å². The number of nitrogens with one attached hydrogen (secondary N) is 2. The van der Waals surface area contributed by atoms with Gasteiger partial charge in [-0.05, 0) is 32.9 Å². The van der Waals surface area contributed by atoms with Gasteiger partial charge in [-0.25, -0.2) is 13.9 Å². The van der Waals surface area contributed by atoms with Crippen LogP contribution in [0.15, 0.2) is 35.7 Å². The number of nitrogens with zero attached hydrogens (tertiary/aromatic N) is 4. The SMILES string of the molecule is COc1cc(Cl)c(F)cc1C(C)Nc1ccn2ncc(C3=NOC(C)(C)N3)c2n1. The number of methoxy groups -OCH3 is 1. The number of rotatable bonds is 5. The van der Waals surface area contributed by atoms with E-state index in [0.717, 1.165) is 0 Å². The summed E-state index contributed by atoms with van der Waals surface area (Å²) in [6, 6.07) is 4.31. The summed E-state index contributed by atoms with van der Waals surface area (Å²) in [6.45, 7) is 5.62. The van der Waals surface area contributed by atoms with Gasteiger partial charge in [0.1, 0.15) is 17.4 Å². The second-order valence-electron chi connectivity index (χ2n) is 7.18. The lowest BCUT2D eigenvalue weighted by Crippen LogP contribution is -2.38. The minimum Gasteiger partial charge on any atom is -0.496 e. The lowest BCUT2D eigenvalue weighted by molar-refractivity contribution is -0.00234. The Morgan fingerprint density at radius 3 is 2.86 bits per heavy atom. The molecule has 0 saturated heterocycles. The molecule has 0 amide bonds. The molecule has 8 nitrogen and oxygen atoms in total. The highest BCUT2D eigenvalue weighted by atomic mass is 35.5. The Hall–Kier alpha value is -3.07. The van der Waals surface area contributed by atoms with E-state index in [1.165, 1.54) is 19.2 Å². The Bertz CT molecular complexity index is 1110. The van der Waals surface area contributed by atoms with Gasteiger partial charge >= 0.3 is 0 Å². The first-order valence-corrected chi connectivity index (χ1v) is 9.34. The van der Waals surface area contributed by atoms with Crippen LogP contribution in [0.2, 0.25) is 5.02 Å². The molecule has 0 fully saturated rings. The predicted molar refractivity (Wildman–Crippen MR) is 108 cm³/mol. The molecule has 0 aliphatic carbocycles. The highest BCUT2D eigenvalue weighted by Crippen LogP contribution is 2.32. The van der Waals surface area contributed by atoms with Crippen LogP contribution in [0, 0.1) is 5.82 Å². The molecule has 1 atom stereocenters. The van der Waals surface area contributed by atoms with Crippen molar-refractivity contribution >= 4 is 28.9 Å². The maximum absolute atomic E-state index is 14.0.